The van der Waals surface area contributed by atoms with Crippen LogP contribution in [0.25, 0.3) is 0 Å². The molecule has 0 saturated heterocycles. The van der Waals surface area contributed by atoms with Gasteiger partial charge in [0.05, 0.1) is 22.4 Å². The minimum atomic E-state index is -3.79. The van der Waals surface area contributed by atoms with Crippen LogP contribution in [-0.2, 0) is 19.6 Å². The van der Waals surface area contributed by atoms with Gasteiger partial charge in [-0.2, -0.15) is 0 Å². The topological polar surface area (TPSA) is 113 Å². The van der Waals surface area contributed by atoms with Crippen molar-refractivity contribution in [3.05, 3.63) is 65.2 Å². The first kappa shape index (κ1) is 23.0. The summed E-state index contributed by atoms with van der Waals surface area (Å²) in [5, 5.41) is 12.6. The van der Waals surface area contributed by atoms with Crippen LogP contribution in [0.15, 0.2) is 64.6 Å². The summed E-state index contributed by atoms with van der Waals surface area (Å²) in [6, 6.07) is 13.0. The first-order valence-corrected chi connectivity index (χ1v) is 12.5. The Morgan fingerprint density at radius 1 is 0.939 bits per heavy atom. The second-order valence-electron chi connectivity index (χ2n) is 9.07. The molecule has 0 radical (unpaired) electrons. The summed E-state index contributed by atoms with van der Waals surface area (Å²) in [5.74, 6) is -2.77. The van der Waals surface area contributed by atoms with Crippen molar-refractivity contribution in [3.8, 4) is 0 Å². The van der Waals surface area contributed by atoms with E-state index in [1.807, 2.05) is 32.9 Å². The van der Waals surface area contributed by atoms with Crippen LogP contribution in [0, 0.1) is 30.6 Å². The van der Waals surface area contributed by atoms with E-state index in [0.717, 1.165) is 29.6 Å². The molecule has 0 heterocycles. The minimum Gasteiger partial charge on any atom is -0.481 e. The van der Waals surface area contributed by atoms with Crippen molar-refractivity contribution in [2.24, 2.45) is 23.7 Å². The zero-order valence-electron chi connectivity index (χ0n) is 18.8. The van der Waals surface area contributed by atoms with Gasteiger partial charge in [0.2, 0.25) is 5.91 Å². The number of aryl methyl sites for hydroxylation is 1. The van der Waals surface area contributed by atoms with E-state index in [1.165, 1.54) is 24.3 Å². The third-order valence-electron chi connectivity index (χ3n) is 6.83. The molecule has 7 nitrogen and oxygen atoms in total. The maximum atomic E-state index is 13.1. The fourth-order valence-corrected chi connectivity index (χ4v) is 6.57. The molecule has 0 unspecified atom stereocenters. The molecule has 0 aliphatic heterocycles. The molecule has 2 fully saturated rings. The number of hydrogen-bond acceptors (Lipinski definition) is 4. The maximum absolute atomic E-state index is 13.1. The zero-order chi connectivity index (χ0) is 23.9. The maximum Gasteiger partial charge on any atom is 0.307 e. The number of sulfonamides is 1. The largest absolute Gasteiger partial charge is 0.481 e. The summed E-state index contributed by atoms with van der Waals surface area (Å²) < 4.78 is 28.0. The number of carboxylic acid groups (broad SMARTS) is 1. The van der Waals surface area contributed by atoms with Gasteiger partial charge in [0.1, 0.15) is 0 Å². The standard InChI is InChI=1S/C25H28N2O5S/c1-14(2)21-18-12-13-19(21)23(25(29)30)22(18)24(28)26-16-8-10-17(11-9-16)33(31,32)27-20-7-5-4-6-15(20)3/h4-11,18-19,22-23,27H,12-13H2,1-3H3,(H,26,28)(H,29,30)/t18-,19-,22+,23+/m0/s1. The summed E-state index contributed by atoms with van der Waals surface area (Å²) in [6.45, 7) is 5.77. The number of benzene rings is 2. The lowest BCUT2D eigenvalue weighted by Gasteiger charge is -2.26. The van der Waals surface area contributed by atoms with Crippen LogP contribution in [0.4, 0.5) is 11.4 Å². The Balaban J connectivity index is 1.51. The van der Waals surface area contributed by atoms with Crippen molar-refractivity contribution < 1.29 is 23.1 Å². The first-order chi connectivity index (χ1) is 15.6. The van der Waals surface area contributed by atoms with Gasteiger partial charge in [-0.15, -0.1) is 0 Å². The van der Waals surface area contributed by atoms with E-state index in [4.69, 9.17) is 0 Å². The van der Waals surface area contributed by atoms with Crippen molar-refractivity contribution >= 4 is 33.3 Å². The average Bonchev–Trinajstić information content (AvgIpc) is 3.32. The van der Waals surface area contributed by atoms with Crippen molar-refractivity contribution in [3.63, 3.8) is 0 Å². The molecule has 33 heavy (non-hydrogen) atoms. The quantitative estimate of drug-likeness (QED) is 0.543. The van der Waals surface area contributed by atoms with Crippen LogP contribution in [0.1, 0.15) is 32.3 Å². The van der Waals surface area contributed by atoms with E-state index in [0.29, 0.717) is 11.4 Å². The van der Waals surface area contributed by atoms with Crippen LogP contribution >= 0.6 is 0 Å². The second-order valence-corrected chi connectivity index (χ2v) is 10.8. The molecule has 4 atom stereocenters. The molecule has 2 aromatic carbocycles. The SMILES string of the molecule is CC(C)=C1[C@@H]2CC[C@@H]1[C@@H](C(=O)Nc1ccc(S(=O)(=O)Nc3ccccc3C)cc1)[C@@H]2C(=O)O. The molecule has 8 heteroatoms. The molecule has 2 aromatic rings. The van der Waals surface area contributed by atoms with Crippen LogP contribution in [-0.4, -0.2) is 25.4 Å². The lowest BCUT2D eigenvalue weighted by atomic mass is 9.78. The predicted molar refractivity (Wildman–Crippen MR) is 126 cm³/mol. The number of hydrogen-bond donors (Lipinski definition) is 3. The van der Waals surface area contributed by atoms with Gasteiger partial charge in [-0.3, -0.25) is 14.3 Å². The summed E-state index contributed by atoms with van der Waals surface area (Å²) in [7, 11) is -3.79. The van der Waals surface area contributed by atoms with Crippen LogP contribution in [0.2, 0.25) is 0 Å². The molecular formula is C25H28N2O5S. The van der Waals surface area contributed by atoms with E-state index >= 15 is 0 Å². The number of fused-ring (bicyclic) bond motifs is 2. The number of anilines is 2. The Morgan fingerprint density at radius 3 is 2.12 bits per heavy atom. The van der Waals surface area contributed by atoms with Gasteiger partial charge >= 0.3 is 5.97 Å². The molecule has 3 N–H and O–H groups in total. The number of aliphatic carboxylic acids is 1. The summed E-state index contributed by atoms with van der Waals surface area (Å²) >= 11 is 0. The number of carboxylic acids is 1. The molecule has 2 bridgehead atoms. The van der Waals surface area contributed by atoms with Crippen molar-refractivity contribution in [2.75, 3.05) is 10.0 Å². The number of carbonyl (C=O) groups is 2. The van der Waals surface area contributed by atoms with Crippen molar-refractivity contribution in [1.29, 1.82) is 0 Å². The third kappa shape index (κ3) is 4.27. The molecule has 1 amide bonds. The molecule has 0 spiro atoms. The highest BCUT2D eigenvalue weighted by molar-refractivity contribution is 7.92. The third-order valence-corrected chi connectivity index (χ3v) is 8.21. The second kappa shape index (κ2) is 8.67. The Labute approximate surface area is 194 Å². The molecule has 2 aliphatic rings. The summed E-state index contributed by atoms with van der Waals surface area (Å²) in [6.07, 6.45) is 1.61. The molecule has 4 rings (SSSR count). The Hall–Kier alpha value is -3.13. The van der Waals surface area contributed by atoms with Crippen LogP contribution in [0.5, 0.6) is 0 Å². The first-order valence-electron chi connectivity index (χ1n) is 11.0. The van der Waals surface area contributed by atoms with Crippen LogP contribution in [0.3, 0.4) is 0 Å². The minimum absolute atomic E-state index is 0.0564. The number of nitrogens with one attached hydrogen (secondary N) is 2. The Bertz CT molecular complexity index is 1230. The number of rotatable bonds is 6. The normalized spacial score (nSPS) is 23.9. The lowest BCUT2D eigenvalue weighted by molar-refractivity contribution is -0.148. The number of para-hydroxylation sites is 1. The van der Waals surface area contributed by atoms with Gasteiger partial charge in [-0.25, -0.2) is 8.42 Å². The summed E-state index contributed by atoms with van der Waals surface area (Å²) in [5.41, 5.74) is 3.95. The van der Waals surface area contributed by atoms with E-state index in [9.17, 15) is 23.1 Å². The van der Waals surface area contributed by atoms with Crippen molar-refractivity contribution in [2.45, 2.75) is 38.5 Å². The van der Waals surface area contributed by atoms with Crippen LogP contribution < -0.4 is 10.0 Å². The Morgan fingerprint density at radius 2 is 1.55 bits per heavy atom. The molecule has 2 aliphatic carbocycles. The fraction of sp³-hybridized carbons (Fsp3) is 0.360. The fourth-order valence-electron chi connectivity index (χ4n) is 5.44. The number of carbonyl (C=O) groups excluding carboxylic acids is 1. The highest BCUT2D eigenvalue weighted by Crippen LogP contribution is 2.57. The average molecular weight is 469 g/mol. The molecule has 2 saturated carbocycles. The summed E-state index contributed by atoms with van der Waals surface area (Å²) in [4.78, 5) is 25.2. The molecule has 0 aromatic heterocycles. The van der Waals surface area contributed by atoms with E-state index in [2.05, 4.69) is 10.0 Å². The molecular weight excluding hydrogens is 440 g/mol. The van der Waals surface area contributed by atoms with Crippen molar-refractivity contribution in [1.82, 2.24) is 0 Å². The zero-order valence-corrected chi connectivity index (χ0v) is 19.6. The highest BCUT2D eigenvalue weighted by Gasteiger charge is 2.57. The lowest BCUT2D eigenvalue weighted by Crippen LogP contribution is -2.37. The Kier molecular flexibility index (Phi) is 6.05. The van der Waals surface area contributed by atoms with E-state index < -0.39 is 27.8 Å². The van der Waals surface area contributed by atoms with Gasteiger partial charge in [0.15, 0.2) is 0 Å². The van der Waals surface area contributed by atoms with E-state index in [1.54, 1.807) is 12.1 Å². The van der Waals surface area contributed by atoms with E-state index in [-0.39, 0.29) is 22.6 Å². The smallest absolute Gasteiger partial charge is 0.307 e. The number of allylic oxidation sites excluding steroid dienone is 2. The van der Waals surface area contributed by atoms with Gasteiger partial charge in [-0.1, -0.05) is 29.3 Å². The van der Waals surface area contributed by atoms with Gasteiger partial charge in [-0.05, 0) is 81.3 Å². The van der Waals surface area contributed by atoms with Gasteiger partial charge < -0.3 is 10.4 Å². The van der Waals surface area contributed by atoms with Gasteiger partial charge in [0.25, 0.3) is 10.0 Å². The monoisotopic (exact) mass is 468 g/mol. The molecule has 174 valence electrons. The highest BCUT2D eigenvalue weighted by atomic mass is 32.2. The van der Waals surface area contributed by atoms with Gasteiger partial charge in [0, 0.05) is 5.69 Å². The predicted octanol–water partition coefficient (Wildman–Crippen LogP) is 4.43. The number of amides is 1.